The highest BCUT2D eigenvalue weighted by molar-refractivity contribution is 5.86. The van der Waals surface area contributed by atoms with Crippen LogP contribution in [0.15, 0.2) is 73.3 Å². The fourth-order valence-electron chi connectivity index (χ4n) is 3.29. The highest BCUT2D eigenvalue weighted by atomic mass is 15.0. The monoisotopic (exact) mass is 363 g/mol. The third-order valence-corrected chi connectivity index (χ3v) is 4.67. The Morgan fingerprint density at radius 1 is 0.750 bits per heavy atom. The summed E-state index contributed by atoms with van der Waals surface area (Å²) in [4.78, 5) is 13.9. The van der Waals surface area contributed by atoms with Crippen molar-refractivity contribution in [1.82, 2.24) is 15.0 Å². The lowest BCUT2D eigenvalue weighted by Crippen LogP contribution is -2.00. The minimum absolute atomic E-state index is 0.672. The molecule has 1 heterocycles. The van der Waals surface area contributed by atoms with E-state index in [1.54, 1.807) is 0 Å². The molecule has 3 aromatic carbocycles. The SMILES string of the molecule is C=Cc1cc(-c2nc(C)nc(-c3ccc4ccccc4c3)n2)ccc1/C=C\C. The topological polar surface area (TPSA) is 38.7 Å². The molecular formula is C25H21N3. The molecule has 0 saturated carbocycles. The van der Waals surface area contributed by atoms with Gasteiger partial charge in [0.05, 0.1) is 0 Å². The molecule has 0 N–H and O–H groups in total. The molecule has 0 unspecified atom stereocenters. The Labute approximate surface area is 165 Å². The molecule has 0 aliphatic rings. The maximum absolute atomic E-state index is 4.76. The number of rotatable bonds is 4. The number of fused-ring (bicyclic) bond motifs is 1. The molecule has 0 bridgehead atoms. The van der Waals surface area contributed by atoms with Crippen molar-refractivity contribution in [2.75, 3.05) is 0 Å². The van der Waals surface area contributed by atoms with Gasteiger partial charge in [-0.3, -0.25) is 0 Å². The number of benzene rings is 3. The number of aromatic nitrogens is 3. The first-order valence-corrected chi connectivity index (χ1v) is 9.29. The highest BCUT2D eigenvalue weighted by Crippen LogP contribution is 2.26. The zero-order valence-electron chi connectivity index (χ0n) is 16.1. The van der Waals surface area contributed by atoms with Crippen molar-refractivity contribution in [3.63, 3.8) is 0 Å². The first-order valence-electron chi connectivity index (χ1n) is 9.29. The van der Waals surface area contributed by atoms with Crippen molar-refractivity contribution in [1.29, 1.82) is 0 Å². The predicted molar refractivity (Wildman–Crippen MR) is 118 cm³/mol. The smallest absolute Gasteiger partial charge is 0.163 e. The molecule has 1 aromatic heterocycles. The molecule has 136 valence electrons. The van der Waals surface area contributed by atoms with Gasteiger partial charge in [0.2, 0.25) is 0 Å². The second-order valence-corrected chi connectivity index (χ2v) is 6.64. The summed E-state index contributed by atoms with van der Waals surface area (Å²) in [7, 11) is 0. The molecule has 0 radical (unpaired) electrons. The van der Waals surface area contributed by atoms with E-state index in [0.717, 1.165) is 22.3 Å². The molecule has 0 atom stereocenters. The Hall–Kier alpha value is -3.59. The summed E-state index contributed by atoms with van der Waals surface area (Å²) in [5, 5.41) is 2.37. The van der Waals surface area contributed by atoms with Gasteiger partial charge in [0, 0.05) is 11.1 Å². The van der Waals surface area contributed by atoms with Crippen molar-refractivity contribution < 1.29 is 0 Å². The highest BCUT2D eigenvalue weighted by Gasteiger charge is 2.10. The van der Waals surface area contributed by atoms with Crippen molar-refractivity contribution in [2.24, 2.45) is 0 Å². The third kappa shape index (κ3) is 3.47. The summed E-state index contributed by atoms with van der Waals surface area (Å²) in [6.07, 6.45) is 5.95. The summed E-state index contributed by atoms with van der Waals surface area (Å²) in [5.74, 6) is 2.06. The number of aryl methyl sites for hydroxylation is 1. The first-order chi connectivity index (χ1) is 13.7. The van der Waals surface area contributed by atoms with Crippen LogP contribution in [0.1, 0.15) is 23.9 Å². The summed E-state index contributed by atoms with van der Waals surface area (Å²) in [6.45, 7) is 7.84. The van der Waals surface area contributed by atoms with E-state index in [1.807, 2.05) is 44.2 Å². The van der Waals surface area contributed by atoms with Crippen LogP contribution in [0.2, 0.25) is 0 Å². The van der Waals surface area contributed by atoms with E-state index in [9.17, 15) is 0 Å². The lowest BCUT2D eigenvalue weighted by molar-refractivity contribution is 0.992. The van der Waals surface area contributed by atoms with Gasteiger partial charge in [-0.2, -0.15) is 0 Å². The lowest BCUT2D eigenvalue weighted by Gasteiger charge is -2.09. The number of nitrogens with zero attached hydrogens (tertiary/aromatic N) is 3. The molecule has 0 fully saturated rings. The molecule has 3 heteroatoms. The maximum atomic E-state index is 4.76. The van der Waals surface area contributed by atoms with E-state index in [-0.39, 0.29) is 0 Å². The zero-order chi connectivity index (χ0) is 19.5. The van der Waals surface area contributed by atoms with Crippen molar-refractivity contribution in [2.45, 2.75) is 13.8 Å². The van der Waals surface area contributed by atoms with E-state index in [4.69, 9.17) is 4.98 Å². The Morgan fingerprint density at radius 2 is 1.43 bits per heavy atom. The van der Waals surface area contributed by atoms with Gasteiger partial charge in [-0.05, 0) is 47.9 Å². The molecule has 4 rings (SSSR count). The van der Waals surface area contributed by atoms with Gasteiger partial charge in [0.15, 0.2) is 11.6 Å². The normalized spacial score (nSPS) is 11.2. The predicted octanol–water partition coefficient (Wildman–Crippen LogP) is 6.34. The minimum Gasteiger partial charge on any atom is -0.213 e. The van der Waals surface area contributed by atoms with E-state index in [1.165, 1.54) is 10.8 Å². The summed E-state index contributed by atoms with van der Waals surface area (Å²) < 4.78 is 0. The third-order valence-electron chi connectivity index (χ3n) is 4.67. The average molecular weight is 363 g/mol. The van der Waals surface area contributed by atoms with Gasteiger partial charge in [-0.25, -0.2) is 15.0 Å². The molecule has 3 nitrogen and oxygen atoms in total. The fraction of sp³-hybridized carbons (Fsp3) is 0.0800. The number of allylic oxidation sites excluding steroid dienone is 1. The average Bonchev–Trinajstić information content (AvgIpc) is 2.73. The van der Waals surface area contributed by atoms with E-state index < -0.39 is 0 Å². The van der Waals surface area contributed by atoms with Gasteiger partial charge >= 0.3 is 0 Å². The van der Waals surface area contributed by atoms with Crippen molar-refractivity contribution in [3.05, 3.63) is 90.3 Å². The van der Waals surface area contributed by atoms with Crippen LogP contribution in [-0.2, 0) is 0 Å². The van der Waals surface area contributed by atoms with Gasteiger partial charge in [-0.1, -0.05) is 73.3 Å². The number of hydrogen-bond donors (Lipinski definition) is 0. The largest absolute Gasteiger partial charge is 0.213 e. The Kier molecular flexibility index (Phi) is 4.81. The Bertz CT molecular complexity index is 1210. The van der Waals surface area contributed by atoms with E-state index >= 15 is 0 Å². The molecular weight excluding hydrogens is 342 g/mol. The summed E-state index contributed by atoms with van der Waals surface area (Å²) in [5.41, 5.74) is 4.12. The zero-order valence-corrected chi connectivity index (χ0v) is 16.1. The number of hydrogen-bond acceptors (Lipinski definition) is 3. The molecule has 0 aliphatic carbocycles. The second-order valence-electron chi connectivity index (χ2n) is 6.64. The minimum atomic E-state index is 0.672. The van der Waals surface area contributed by atoms with Crippen LogP contribution in [0.3, 0.4) is 0 Å². The quantitative estimate of drug-likeness (QED) is 0.424. The second kappa shape index (κ2) is 7.57. The maximum Gasteiger partial charge on any atom is 0.163 e. The van der Waals surface area contributed by atoms with E-state index in [2.05, 4.69) is 65.1 Å². The van der Waals surface area contributed by atoms with Crippen LogP contribution in [-0.4, -0.2) is 15.0 Å². The van der Waals surface area contributed by atoms with Crippen molar-refractivity contribution >= 4 is 22.9 Å². The molecule has 4 aromatic rings. The fourth-order valence-corrected chi connectivity index (χ4v) is 3.29. The molecule has 0 aliphatic heterocycles. The Morgan fingerprint density at radius 3 is 2.14 bits per heavy atom. The van der Waals surface area contributed by atoms with Crippen LogP contribution in [0, 0.1) is 6.92 Å². The molecule has 0 spiro atoms. The molecule has 0 saturated heterocycles. The Balaban J connectivity index is 1.81. The summed E-state index contributed by atoms with van der Waals surface area (Å²) in [6, 6.07) is 20.8. The van der Waals surface area contributed by atoms with Crippen LogP contribution < -0.4 is 0 Å². The van der Waals surface area contributed by atoms with Crippen LogP contribution in [0.4, 0.5) is 0 Å². The van der Waals surface area contributed by atoms with Crippen molar-refractivity contribution in [3.8, 4) is 22.8 Å². The lowest BCUT2D eigenvalue weighted by atomic mass is 10.0. The molecule has 28 heavy (non-hydrogen) atoms. The van der Waals surface area contributed by atoms with Crippen LogP contribution in [0.5, 0.6) is 0 Å². The standard InChI is InChI=1S/C25H21N3/c1-4-8-19-11-13-22(15-18(19)5-2)24-26-17(3)27-25(28-24)23-14-12-20-9-6-7-10-21(20)16-23/h4-16H,2H2,1,3H3/b8-4-. The van der Waals surface area contributed by atoms with E-state index in [0.29, 0.717) is 17.5 Å². The van der Waals surface area contributed by atoms with Crippen LogP contribution >= 0.6 is 0 Å². The van der Waals surface area contributed by atoms with Gasteiger partial charge in [-0.15, -0.1) is 0 Å². The van der Waals surface area contributed by atoms with Crippen LogP contribution in [0.25, 0.3) is 45.7 Å². The first kappa shape index (κ1) is 17.8. The van der Waals surface area contributed by atoms with Gasteiger partial charge in [0.1, 0.15) is 5.82 Å². The molecule has 0 amide bonds. The summed E-state index contributed by atoms with van der Waals surface area (Å²) >= 11 is 0. The van der Waals surface area contributed by atoms with Gasteiger partial charge < -0.3 is 0 Å². The van der Waals surface area contributed by atoms with Gasteiger partial charge in [0.25, 0.3) is 0 Å².